The number of hydrogen-bond donors (Lipinski definition) is 2. The zero-order valence-corrected chi connectivity index (χ0v) is 10.4. The normalized spacial score (nSPS) is 18.1. The first-order valence-electron chi connectivity index (χ1n) is 5.91. The summed E-state index contributed by atoms with van der Waals surface area (Å²) in [6, 6.07) is -0.264. The van der Waals surface area contributed by atoms with Crippen LogP contribution in [0.3, 0.4) is 0 Å². The molecular formula is C10H15F3N6. The number of rotatable bonds is 3. The quantitative estimate of drug-likeness (QED) is 0.632. The lowest BCUT2D eigenvalue weighted by atomic mass is 10.1. The van der Waals surface area contributed by atoms with Crippen molar-refractivity contribution in [1.29, 1.82) is 5.41 Å². The standard InChI is InChI=1S/C10H15F3N6/c1-2-6(8(14)15)18-3-4-19-7(5-18)16-17-9(19)10(11,12)13/h6H,2-5H2,1H3,(H3,14,15). The van der Waals surface area contributed by atoms with Gasteiger partial charge in [-0.15, -0.1) is 10.2 Å². The average molecular weight is 276 g/mol. The maximum atomic E-state index is 12.7. The van der Waals surface area contributed by atoms with Gasteiger partial charge >= 0.3 is 6.18 Å². The van der Waals surface area contributed by atoms with Crippen molar-refractivity contribution in [2.24, 2.45) is 5.73 Å². The summed E-state index contributed by atoms with van der Waals surface area (Å²) in [6.07, 6.45) is -3.85. The summed E-state index contributed by atoms with van der Waals surface area (Å²) in [5, 5.41) is 14.3. The molecule has 19 heavy (non-hydrogen) atoms. The monoisotopic (exact) mass is 276 g/mol. The lowest BCUT2D eigenvalue weighted by Gasteiger charge is -2.33. The molecule has 1 aliphatic rings. The fourth-order valence-corrected chi connectivity index (χ4v) is 2.33. The van der Waals surface area contributed by atoms with Gasteiger partial charge < -0.3 is 10.3 Å². The molecule has 2 rings (SSSR count). The van der Waals surface area contributed by atoms with Crippen LogP contribution in [0.15, 0.2) is 0 Å². The Kier molecular flexibility index (Phi) is 3.48. The third-order valence-corrected chi connectivity index (χ3v) is 3.22. The number of halogens is 3. The second-order valence-corrected chi connectivity index (χ2v) is 4.44. The second kappa shape index (κ2) is 4.80. The Morgan fingerprint density at radius 1 is 1.42 bits per heavy atom. The molecule has 0 saturated carbocycles. The zero-order valence-electron chi connectivity index (χ0n) is 10.4. The smallest absolute Gasteiger partial charge is 0.386 e. The van der Waals surface area contributed by atoms with Crippen LogP contribution in [0.25, 0.3) is 0 Å². The van der Waals surface area contributed by atoms with Gasteiger partial charge in [0.25, 0.3) is 0 Å². The molecule has 9 heteroatoms. The van der Waals surface area contributed by atoms with E-state index in [1.54, 1.807) is 0 Å². The Labute approximate surface area is 107 Å². The van der Waals surface area contributed by atoms with E-state index in [4.69, 9.17) is 11.1 Å². The van der Waals surface area contributed by atoms with Gasteiger partial charge in [-0.1, -0.05) is 6.92 Å². The largest absolute Gasteiger partial charge is 0.451 e. The molecule has 0 fully saturated rings. The molecule has 3 N–H and O–H groups in total. The molecule has 1 aromatic rings. The number of alkyl halides is 3. The minimum atomic E-state index is -4.49. The summed E-state index contributed by atoms with van der Waals surface area (Å²) in [5.41, 5.74) is 5.49. The number of nitrogens with one attached hydrogen (secondary N) is 1. The maximum absolute atomic E-state index is 12.7. The van der Waals surface area contributed by atoms with Gasteiger partial charge in [0.15, 0.2) is 0 Å². The summed E-state index contributed by atoms with van der Waals surface area (Å²) in [7, 11) is 0. The van der Waals surface area contributed by atoms with Crippen LogP contribution in [0.5, 0.6) is 0 Å². The van der Waals surface area contributed by atoms with Gasteiger partial charge in [0.1, 0.15) is 11.7 Å². The number of fused-ring (bicyclic) bond motifs is 1. The number of hydrogen-bond acceptors (Lipinski definition) is 4. The van der Waals surface area contributed by atoms with E-state index in [-0.39, 0.29) is 30.8 Å². The predicted molar refractivity (Wildman–Crippen MR) is 61.4 cm³/mol. The number of nitrogens with zero attached hydrogens (tertiary/aromatic N) is 4. The van der Waals surface area contributed by atoms with E-state index < -0.39 is 12.0 Å². The van der Waals surface area contributed by atoms with Crippen molar-refractivity contribution in [3.63, 3.8) is 0 Å². The van der Waals surface area contributed by atoms with Crippen LogP contribution in [0.1, 0.15) is 25.0 Å². The topological polar surface area (TPSA) is 83.8 Å². The Morgan fingerprint density at radius 3 is 2.63 bits per heavy atom. The molecule has 1 atom stereocenters. The zero-order chi connectivity index (χ0) is 14.2. The lowest BCUT2D eigenvalue weighted by Crippen LogP contribution is -2.47. The molecule has 6 nitrogen and oxygen atoms in total. The SMILES string of the molecule is CCC(C(=N)N)N1CCn2c(nnc2C(F)(F)F)C1. The van der Waals surface area contributed by atoms with Crippen LogP contribution in [0.2, 0.25) is 0 Å². The van der Waals surface area contributed by atoms with E-state index in [1.807, 2.05) is 11.8 Å². The van der Waals surface area contributed by atoms with Crippen LogP contribution in [0, 0.1) is 5.41 Å². The Bertz CT molecular complexity index is 480. The third-order valence-electron chi connectivity index (χ3n) is 3.22. The highest BCUT2D eigenvalue weighted by Gasteiger charge is 2.40. The highest BCUT2D eigenvalue weighted by molar-refractivity contribution is 5.82. The van der Waals surface area contributed by atoms with E-state index in [0.717, 1.165) is 4.57 Å². The molecule has 0 radical (unpaired) electrons. The second-order valence-electron chi connectivity index (χ2n) is 4.44. The summed E-state index contributed by atoms with van der Waals surface area (Å²) >= 11 is 0. The minimum absolute atomic E-state index is 0.0199. The van der Waals surface area contributed by atoms with E-state index >= 15 is 0 Å². The molecule has 0 amide bonds. The Balaban J connectivity index is 2.22. The molecule has 0 spiro atoms. The van der Waals surface area contributed by atoms with Crippen molar-refractivity contribution in [1.82, 2.24) is 19.7 Å². The predicted octanol–water partition coefficient (Wildman–Crippen LogP) is 0.827. The summed E-state index contributed by atoms with van der Waals surface area (Å²) < 4.78 is 39.1. The van der Waals surface area contributed by atoms with E-state index in [1.165, 1.54) is 0 Å². The molecule has 2 heterocycles. The molecule has 0 aromatic carbocycles. The molecular weight excluding hydrogens is 261 g/mol. The Morgan fingerprint density at radius 2 is 2.11 bits per heavy atom. The number of aromatic nitrogens is 3. The first-order valence-corrected chi connectivity index (χ1v) is 5.91. The van der Waals surface area contributed by atoms with Gasteiger partial charge in [0, 0.05) is 13.1 Å². The van der Waals surface area contributed by atoms with Crippen LogP contribution < -0.4 is 5.73 Å². The first kappa shape index (κ1) is 13.8. The summed E-state index contributed by atoms with van der Waals surface area (Å²) in [4.78, 5) is 1.85. The highest BCUT2D eigenvalue weighted by atomic mass is 19.4. The van der Waals surface area contributed by atoms with Gasteiger partial charge in [0.05, 0.1) is 12.6 Å². The first-order chi connectivity index (χ1) is 8.84. The Hall–Kier alpha value is -1.64. The highest BCUT2D eigenvalue weighted by Crippen LogP contribution is 2.29. The van der Waals surface area contributed by atoms with Gasteiger partial charge in [-0.25, -0.2) is 0 Å². The fourth-order valence-electron chi connectivity index (χ4n) is 2.33. The lowest BCUT2D eigenvalue weighted by molar-refractivity contribution is -0.148. The molecule has 0 aliphatic carbocycles. The van der Waals surface area contributed by atoms with Gasteiger partial charge in [-0.3, -0.25) is 10.3 Å². The van der Waals surface area contributed by atoms with Crippen molar-refractivity contribution in [2.45, 2.75) is 38.7 Å². The molecule has 1 aliphatic heterocycles. The molecule has 1 unspecified atom stereocenters. The molecule has 0 bridgehead atoms. The molecule has 0 saturated heterocycles. The van der Waals surface area contributed by atoms with Crippen molar-refractivity contribution >= 4 is 5.84 Å². The fraction of sp³-hybridized carbons (Fsp3) is 0.700. The average Bonchev–Trinajstić information content (AvgIpc) is 2.71. The maximum Gasteiger partial charge on any atom is 0.451 e. The van der Waals surface area contributed by atoms with Gasteiger partial charge in [0.2, 0.25) is 5.82 Å². The van der Waals surface area contributed by atoms with E-state index in [9.17, 15) is 13.2 Å². The third kappa shape index (κ3) is 2.55. The minimum Gasteiger partial charge on any atom is -0.386 e. The van der Waals surface area contributed by atoms with E-state index in [0.29, 0.717) is 13.0 Å². The van der Waals surface area contributed by atoms with Crippen LogP contribution in [0.4, 0.5) is 13.2 Å². The molecule has 1 aromatic heterocycles. The van der Waals surface area contributed by atoms with Crippen molar-refractivity contribution in [2.75, 3.05) is 6.54 Å². The van der Waals surface area contributed by atoms with Crippen LogP contribution in [-0.2, 0) is 19.3 Å². The van der Waals surface area contributed by atoms with E-state index in [2.05, 4.69) is 10.2 Å². The molecule has 106 valence electrons. The van der Waals surface area contributed by atoms with Crippen molar-refractivity contribution in [3.05, 3.63) is 11.6 Å². The van der Waals surface area contributed by atoms with Gasteiger partial charge in [-0.05, 0) is 6.42 Å². The van der Waals surface area contributed by atoms with Crippen molar-refractivity contribution in [3.8, 4) is 0 Å². The van der Waals surface area contributed by atoms with Crippen molar-refractivity contribution < 1.29 is 13.2 Å². The van der Waals surface area contributed by atoms with Gasteiger partial charge in [-0.2, -0.15) is 13.2 Å². The summed E-state index contributed by atoms with van der Waals surface area (Å²) in [5.74, 6) is -0.678. The number of nitrogens with two attached hydrogens (primary N) is 1. The van der Waals surface area contributed by atoms with Crippen LogP contribution in [-0.4, -0.2) is 38.1 Å². The number of amidine groups is 1. The van der Waals surface area contributed by atoms with Crippen LogP contribution >= 0.6 is 0 Å². The summed E-state index contributed by atoms with van der Waals surface area (Å²) in [6.45, 7) is 2.65.